The SMILES string of the molecule is COc1ccccc1OC(=O)[C@@H]1CC(=O)N(c2ccccc2C)C1. The van der Waals surface area contributed by atoms with Crippen molar-refractivity contribution in [3.8, 4) is 11.5 Å². The Bertz CT molecular complexity index is 771. The lowest BCUT2D eigenvalue weighted by Gasteiger charge is -2.18. The van der Waals surface area contributed by atoms with Crippen LogP contribution >= 0.6 is 0 Å². The van der Waals surface area contributed by atoms with E-state index in [1.165, 1.54) is 7.11 Å². The molecule has 1 atom stereocenters. The molecule has 1 heterocycles. The van der Waals surface area contributed by atoms with E-state index in [-0.39, 0.29) is 12.3 Å². The smallest absolute Gasteiger partial charge is 0.316 e. The minimum absolute atomic E-state index is 0.0636. The monoisotopic (exact) mass is 325 g/mol. The van der Waals surface area contributed by atoms with Gasteiger partial charge >= 0.3 is 5.97 Å². The summed E-state index contributed by atoms with van der Waals surface area (Å²) < 4.78 is 10.6. The van der Waals surface area contributed by atoms with Crippen LogP contribution in [-0.4, -0.2) is 25.5 Å². The number of carbonyl (C=O) groups is 2. The van der Waals surface area contributed by atoms with Gasteiger partial charge in [0.05, 0.1) is 13.0 Å². The number of methoxy groups -OCH3 is 1. The fourth-order valence-corrected chi connectivity index (χ4v) is 2.86. The molecule has 0 N–H and O–H groups in total. The molecule has 2 aromatic carbocycles. The molecule has 0 aromatic heterocycles. The molecular weight excluding hydrogens is 306 g/mol. The summed E-state index contributed by atoms with van der Waals surface area (Å²) in [5.41, 5.74) is 1.85. The number of esters is 1. The predicted molar refractivity (Wildman–Crippen MR) is 90.3 cm³/mol. The third kappa shape index (κ3) is 3.11. The number of anilines is 1. The normalized spacial score (nSPS) is 17.0. The van der Waals surface area contributed by atoms with E-state index < -0.39 is 11.9 Å². The Labute approximate surface area is 140 Å². The number of ether oxygens (including phenoxy) is 2. The lowest BCUT2D eigenvalue weighted by Crippen LogP contribution is -2.27. The maximum Gasteiger partial charge on any atom is 0.316 e. The van der Waals surface area contributed by atoms with E-state index in [4.69, 9.17) is 9.47 Å². The van der Waals surface area contributed by atoms with E-state index in [0.717, 1.165) is 11.3 Å². The van der Waals surface area contributed by atoms with Gasteiger partial charge in [0.25, 0.3) is 0 Å². The number of amides is 1. The highest BCUT2D eigenvalue weighted by atomic mass is 16.6. The van der Waals surface area contributed by atoms with E-state index in [2.05, 4.69) is 0 Å². The summed E-state index contributed by atoms with van der Waals surface area (Å²) in [6, 6.07) is 14.6. The van der Waals surface area contributed by atoms with Crippen LogP contribution in [0.4, 0.5) is 5.69 Å². The number of benzene rings is 2. The first-order valence-corrected chi connectivity index (χ1v) is 7.81. The molecule has 0 bridgehead atoms. The lowest BCUT2D eigenvalue weighted by atomic mass is 10.1. The fourth-order valence-electron chi connectivity index (χ4n) is 2.86. The molecule has 1 aliphatic rings. The Hall–Kier alpha value is -2.82. The van der Waals surface area contributed by atoms with Gasteiger partial charge in [-0.15, -0.1) is 0 Å². The maximum absolute atomic E-state index is 12.4. The molecule has 1 fully saturated rings. The van der Waals surface area contributed by atoms with Crippen LogP contribution in [0.25, 0.3) is 0 Å². The number of aryl methyl sites for hydroxylation is 1. The van der Waals surface area contributed by atoms with Crippen LogP contribution in [0.3, 0.4) is 0 Å². The second-order valence-corrected chi connectivity index (χ2v) is 5.76. The van der Waals surface area contributed by atoms with Gasteiger partial charge in [0.2, 0.25) is 5.91 Å². The summed E-state index contributed by atoms with van der Waals surface area (Å²) in [5, 5.41) is 0. The van der Waals surface area contributed by atoms with E-state index >= 15 is 0 Å². The van der Waals surface area contributed by atoms with Crippen LogP contribution < -0.4 is 14.4 Å². The molecule has 0 radical (unpaired) electrons. The fraction of sp³-hybridized carbons (Fsp3) is 0.263. The van der Waals surface area contributed by atoms with Gasteiger partial charge in [0.15, 0.2) is 11.5 Å². The highest BCUT2D eigenvalue weighted by Gasteiger charge is 2.37. The molecule has 1 saturated heterocycles. The second kappa shape index (κ2) is 6.74. The van der Waals surface area contributed by atoms with Crippen molar-refractivity contribution < 1.29 is 19.1 Å². The number of hydrogen-bond donors (Lipinski definition) is 0. The Balaban J connectivity index is 1.74. The molecule has 3 rings (SSSR count). The van der Waals surface area contributed by atoms with Crippen LogP contribution in [-0.2, 0) is 9.59 Å². The van der Waals surface area contributed by atoms with Gasteiger partial charge in [0.1, 0.15) is 0 Å². The van der Waals surface area contributed by atoms with Crippen molar-refractivity contribution in [1.82, 2.24) is 0 Å². The van der Waals surface area contributed by atoms with Gasteiger partial charge in [-0.1, -0.05) is 30.3 Å². The third-order valence-electron chi connectivity index (χ3n) is 4.14. The molecule has 2 aromatic rings. The van der Waals surface area contributed by atoms with Gasteiger partial charge in [-0.05, 0) is 30.7 Å². The summed E-state index contributed by atoms with van der Waals surface area (Å²) in [5.74, 6) is -0.102. The first kappa shape index (κ1) is 16.1. The molecule has 0 aliphatic carbocycles. The Morgan fingerprint density at radius 1 is 1.08 bits per heavy atom. The molecule has 24 heavy (non-hydrogen) atoms. The third-order valence-corrected chi connectivity index (χ3v) is 4.14. The van der Waals surface area contributed by atoms with Crippen molar-refractivity contribution in [3.05, 3.63) is 54.1 Å². The zero-order chi connectivity index (χ0) is 17.1. The minimum atomic E-state index is -0.484. The van der Waals surface area contributed by atoms with Crippen molar-refractivity contribution in [3.63, 3.8) is 0 Å². The standard InChI is InChI=1S/C19H19NO4/c1-13-7-3-4-8-15(13)20-12-14(11-18(20)21)19(22)24-17-10-6-5-9-16(17)23-2/h3-10,14H,11-12H2,1-2H3/t14-/m1/s1. The van der Waals surface area contributed by atoms with Crippen LogP contribution in [0.2, 0.25) is 0 Å². The van der Waals surface area contributed by atoms with E-state index in [1.54, 1.807) is 29.2 Å². The topological polar surface area (TPSA) is 55.8 Å². The first-order chi connectivity index (χ1) is 11.6. The largest absolute Gasteiger partial charge is 0.493 e. The number of hydrogen-bond acceptors (Lipinski definition) is 4. The summed E-state index contributed by atoms with van der Waals surface area (Å²) in [4.78, 5) is 26.4. The minimum Gasteiger partial charge on any atom is -0.493 e. The average Bonchev–Trinajstić information content (AvgIpc) is 2.97. The maximum atomic E-state index is 12.4. The average molecular weight is 325 g/mol. The Morgan fingerprint density at radius 2 is 1.75 bits per heavy atom. The second-order valence-electron chi connectivity index (χ2n) is 5.76. The van der Waals surface area contributed by atoms with Crippen molar-refractivity contribution in [1.29, 1.82) is 0 Å². The van der Waals surface area contributed by atoms with Gasteiger partial charge in [0, 0.05) is 18.7 Å². The molecule has 0 saturated carbocycles. The summed E-state index contributed by atoms with van der Waals surface area (Å²) in [7, 11) is 1.52. The number of para-hydroxylation sites is 3. The highest BCUT2D eigenvalue weighted by Crippen LogP contribution is 2.31. The zero-order valence-corrected chi connectivity index (χ0v) is 13.7. The van der Waals surface area contributed by atoms with Gasteiger partial charge in [-0.2, -0.15) is 0 Å². The van der Waals surface area contributed by atoms with Gasteiger partial charge in [-0.25, -0.2) is 0 Å². The van der Waals surface area contributed by atoms with E-state index in [1.807, 2.05) is 31.2 Å². The van der Waals surface area contributed by atoms with Crippen LogP contribution in [0, 0.1) is 12.8 Å². The van der Waals surface area contributed by atoms with E-state index in [9.17, 15) is 9.59 Å². The van der Waals surface area contributed by atoms with Crippen molar-refractivity contribution >= 4 is 17.6 Å². The molecule has 5 nitrogen and oxygen atoms in total. The molecule has 124 valence electrons. The molecule has 5 heteroatoms. The van der Waals surface area contributed by atoms with E-state index in [0.29, 0.717) is 18.0 Å². The molecule has 0 unspecified atom stereocenters. The molecular formula is C19H19NO4. The van der Waals surface area contributed by atoms with Crippen LogP contribution in [0.15, 0.2) is 48.5 Å². The molecule has 0 spiro atoms. The van der Waals surface area contributed by atoms with Crippen molar-refractivity contribution in [2.45, 2.75) is 13.3 Å². The number of rotatable bonds is 4. The summed E-state index contributed by atoms with van der Waals surface area (Å²) in [6.07, 6.45) is 0.155. The zero-order valence-electron chi connectivity index (χ0n) is 13.7. The molecule has 1 amide bonds. The van der Waals surface area contributed by atoms with Crippen molar-refractivity contribution in [2.75, 3.05) is 18.6 Å². The predicted octanol–water partition coefficient (Wildman–Crippen LogP) is 2.96. The van der Waals surface area contributed by atoms with Crippen molar-refractivity contribution in [2.24, 2.45) is 5.92 Å². The van der Waals surface area contributed by atoms with Gasteiger partial charge in [-0.3, -0.25) is 9.59 Å². The highest BCUT2D eigenvalue weighted by molar-refractivity contribution is 6.00. The van der Waals surface area contributed by atoms with Crippen LogP contribution in [0.1, 0.15) is 12.0 Å². The lowest BCUT2D eigenvalue weighted by molar-refractivity contribution is -0.139. The summed E-state index contributed by atoms with van der Waals surface area (Å²) in [6.45, 7) is 2.28. The Kier molecular flexibility index (Phi) is 4.51. The quantitative estimate of drug-likeness (QED) is 0.640. The number of nitrogens with zero attached hydrogens (tertiary/aromatic N) is 1. The first-order valence-electron chi connectivity index (χ1n) is 7.81. The molecule has 1 aliphatic heterocycles. The van der Waals surface area contributed by atoms with Gasteiger partial charge < -0.3 is 14.4 Å². The number of carbonyl (C=O) groups excluding carboxylic acids is 2. The Morgan fingerprint density at radius 3 is 2.46 bits per heavy atom. The summed E-state index contributed by atoms with van der Waals surface area (Å²) >= 11 is 0. The van der Waals surface area contributed by atoms with Crippen LogP contribution in [0.5, 0.6) is 11.5 Å².